The Labute approximate surface area is 94.4 Å². The molecule has 0 saturated heterocycles. The molecule has 0 heterocycles. The summed E-state index contributed by atoms with van der Waals surface area (Å²) in [5, 5.41) is 0. The fraction of sp³-hybridized carbons (Fsp3) is 0.300. The van der Waals surface area contributed by atoms with E-state index < -0.39 is 6.61 Å². The van der Waals surface area contributed by atoms with Crippen LogP contribution in [0.25, 0.3) is 0 Å². The maximum absolute atomic E-state index is 11.9. The predicted octanol–water partition coefficient (Wildman–Crippen LogP) is 3.18. The molecule has 5 heteroatoms. The van der Waals surface area contributed by atoms with Crippen molar-refractivity contribution < 1.29 is 18.3 Å². The summed E-state index contributed by atoms with van der Waals surface area (Å²) < 4.78 is 28.8. The zero-order valence-corrected chi connectivity index (χ0v) is 9.34. The van der Waals surface area contributed by atoms with Crippen LogP contribution in [0.2, 0.25) is 0 Å². The molecule has 0 fully saturated rings. The standard InChI is InChI=1S/C10H9BrF2O2/c11-8-4-7(2-1-3-14)5-9(6-8)15-10(12)13/h3-6,10H,1-2H2. The summed E-state index contributed by atoms with van der Waals surface area (Å²) in [6, 6.07) is 4.72. The molecule has 0 saturated carbocycles. The van der Waals surface area contributed by atoms with Crippen LogP contribution in [0.5, 0.6) is 5.75 Å². The van der Waals surface area contributed by atoms with Gasteiger partial charge in [-0.25, -0.2) is 0 Å². The number of ether oxygens (including phenoxy) is 1. The highest BCUT2D eigenvalue weighted by molar-refractivity contribution is 9.10. The molecule has 0 N–H and O–H groups in total. The second-order valence-corrected chi connectivity index (χ2v) is 3.79. The summed E-state index contributed by atoms with van der Waals surface area (Å²) in [7, 11) is 0. The van der Waals surface area contributed by atoms with Crippen LogP contribution in [-0.2, 0) is 11.2 Å². The van der Waals surface area contributed by atoms with Crippen LogP contribution in [0.1, 0.15) is 12.0 Å². The number of rotatable bonds is 5. The van der Waals surface area contributed by atoms with Gasteiger partial charge in [0, 0.05) is 10.9 Å². The number of hydrogen-bond donors (Lipinski definition) is 0. The predicted molar refractivity (Wildman–Crippen MR) is 55.2 cm³/mol. The van der Waals surface area contributed by atoms with Gasteiger partial charge in [-0.1, -0.05) is 15.9 Å². The van der Waals surface area contributed by atoms with Crippen molar-refractivity contribution >= 4 is 22.2 Å². The molecule has 2 nitrogen and oxygen atoms in total. The lowest BCUT2D eigenvalue weighted by atomic mass is 10.1. The molecule has 0 aliphatic rings. The molecule has 0 atom stereocenters. The molecular formula is C10H9BrF2O2. The average molecular weight is 279 g/mol. The number of alkyl halides is 2. The van der Waals surface area contributed by atoms with Gasteiger partial charge in [0.05, 0.1) is 0 Å². The number of aryl methyl sites for hydroxylation is 1. The molecule has 1 aromatic carbocycles. The van der Waals surface area contributed by atoms with Gasteiger partial charge in [-0.15, -0.1) is 0 Å². The third kappa shape index (κ3) is 4.38. The van der Waals surface area contributed by atoms with Gasteiger partial charge in [0.15, 0.2) is 0 Å². The molecule has 0 radical (unpaired) electrons. The number of aldehydes is 1. The lowest BCUT2D eigenvalue weighted by Gasteiger charge is -2.07. The Hall–Kier alpha value is -0.970. The van der Waals surface area contributed by atoms with Crippen LogP contribution in [0, 0.1) is 0 Å². The third-order valence-corrected chi connectivity index (χ3v) is 2.16. The lowest BCUT2D eigenvalue weighted by molar-refractivity contribution is -0.107. The third-order valence-electron chi connectivity index (χ3n) is 1.71. The highest BCUT2D eigenvalue weighted by Crippen LogP contribution is 2.23. The van der Waals surface area contributed by atoms with Crippen LogP contribution >= 0.6 is 15.9 Å². The Morgan fingerprint density at radius 1 is 1.40 bits per heavy atom. The van der Waals surface area contributed by atoms with Gasteiger partial charge in [0.2, 0.25) is 0 Å². The summed E-state index contributed by atoms with van der Waals surface area (Å²) in [4.78, 5) is 10.2. The van der Waals surface area contributed by atoms with Crippen LogP contribution in [0.4, 0.5) is 8.78 Å². The van der Waals surface area contributed by atoms with Crippen molar-refractivity contribution in [2.24, 2.45) is 0 Å². The number of benzene rings is 1. The topological polar surface area (TPSA) is 26.3 Å². The Morgan fingerprint density at radius 3 is 2.73 bits per heavy atom. The molecular weight excluding hydrogens is 270 g/mol. The zero-order chi connectivity index (χ0) is 11.3. The molecule has 15 heavy (non-hydrogen) atoms. The van der Waals surface area contributed by atoms with E-state index in [1.165, 1.54) is 12.1 Å². The first-order chi connectivity index (χ1) is 7.11. The molecule has 1 aromatic rings. The molecule has 0 aromatic heterocycles. The molecule has 0 aliphatic carbocycles. The van der Waals surface area contributed by atoms with Crippen molar-refractivity contribution in [3.05, 3.63) is 28.2 Å². The van der Waals surface area contributed by atoms with E-state index in [1.54, 1.807) is 6.07 Å². The molecule has 82 valence electrons. The first-order valence-corrected chi connectivity index (χ1v) is 5.09. The Morgan fingerprint density at radius 2 is 2.13 bits per heavy atom. The van der Waals surface area contributed by atoms with Crippen LogP contribution in [-0.4, -0.2) is 12.9 Å². The van der Waals surface area contributed by atoms with Crippen molar-refractivity contribution in [3.63, 3.8) is 0 Å². The smallest absolute Gasteiger partial charge is 0.387 e. The van der Waals surface area contributed by atoms with Gasteiger partial charge in [-0.3, -0.25) is 0 Å². The highest BCUT2D eigenvalue weighted by Gasteiger charge is 2.06. The van der Waals surface area contributed by atoms with Crippen LogP contribution in [0.3, 0.4) is 0 Å². The van der Waals surface area contributed by atoms with E-state index in [4.69, 9.17) is 0 Å². The summed E-state index contributed by atoms with van der Waals surface area (Å²) in [6.07, 6.45) is 1.67. The minimum absolute atomic E-state index is 0.0975. The summed E-state index contributed by atoms with van der Waals surface area (Å²) in [5.74, 6) is 0.0975. The monoisotopic (exact) mass is 278 g/mol. The molecule has 0 amide bonds. The van der Waals surface area contributed by atoms with Crippen molar-refractivity contribution in [2.75, 3.05) is 0 Å². The van der Waals surface area contributed by atoms with Crippen molar-refractivity contribution in [2.45, 2.75) is 19.5 Å². The minimum atomic E-state index is -2.83. The second-order valence-electron chi connectivity index (χ2n) is 2.88. The highest BCUT2D eigenvalue weighted by atomic mass is 79.9. The molecule has 1 rings (SSSR count). The summed E-state index contributed by atoms with van der Waals surface area (Å²) in [5.41, 5.74) is 0.784. The summed E-state index contributed by atoms with van der Waals surface area (Å²) in [6.45, 7) is -2.83. The largest absolute Gasteiger partial charge is 0.435 e. The lowest BCUT2D eigenvalue weighted by Crippen LogP contribution is -2.02. The molecule has 0 aliphatic heterocycles. The van der Waals surface area contributed by atoms with Gasteiger partial charge in [-0.2, -0.15) is 8.78 Å². The number of carbonyl (C=O) groups is 1. The van der Waals surface area contributed by atoms with E-state index in [0.717, 1.165) is 11.8 Å². The maximum atomic E-state index is 11.9. The van der Waals surface area contributed by atoms with Crippen molar-refractivity contribution in [1.82, 2.24) is 0 Å². The molecule has 0 unspecified atom stereocenters. The molecule has 0 spiro atoms. The SMILES string of the molecule is O=CCCc1cc(Br)cc(OC(F)F)c1. The quantitative estimate of drug-likeness (QED) is 0.774. The zero-order valence-electron chi connectivity index (χ0n) is 7.75. The number of carbonyl (C=O) groups excluding carboxylic acids is 1. The van der Waals surface area contributed by atoms with Crippen LogP contribution < -0.4 is 4.74 Å². The first-order valence-electron chi connectivity index (χ1n) is 4.29. The van der Waals surface area contributed by atoms with Gasteiger partial charge in [-0.05, 0) is 30.2 Å². The first kappa shape index (κ1) is 12.1. The van der Waals surface area contributed by atoms with E-state index >= 15 is 0 Å². The van der Waals surface area contributed by atoms with Crippen molar-refractivity contribution in [1.29, 1.82) is 0 Å². The summed E-state index contributed by atoms with van der Waals surface area (Å²) >= 11 is 3.18. The average Bonchev–Trinajstić information content (AvgIpc) is 2.12. The maximum Gasteiger partial charge on any atom is 0.387 e. The van der Waals surface area contributed by atoms with Gasteiger partial charge >= 0.3 is 6.61 Å². The fourth-order valence-electron chi connectivity index (χ4n) is 1.16. The Balaban J connectivity index is 2.79. The second kappa shape index (κ2) is 5.80. The fourth-order valence-corrected chi connectivity index (χ4v) is 1.68. The minimum Gasteiger partial charge on any atom is -0.435 e. The normalized spacial score (nSPS) is 10.4. The van der Waals surface area contributed by atoms with Gasteiger partial charge in [0.25, 0.3) is 0 Å². The van der Waals surface area contributed by atoms with E-state index in [-0.39, 0.29) is 5.75 Å². The van der Waals surface area contributed by atoms with E-state index in [0.29, 0.717) is 17.3 Å². The van der Waals surface area contributed by atoms with E-state index in [1.807, 2.05) is 0 Å². The van der Waals surface area contributed by atoms with Crippen molar-refractivity contribution in [3.8, 4) is 5.75 Å². The van der Waals surface area contributed by atoms with E-state index in [9.17, 15) is 13.6 Å². The van der Waals surface area contributed by atoms with E-state index in [2.05, 4.69) is 20.7 Å². The van der Waals surface area contributed by atoms with Crippen LogP contribution in [0.15, 0.2) is 22.7 Å². The number of hydrogen-bond acceptors (Lipinski definition) is 2. The molecule has 0 bridgehead atoms. The van der Waals surface area contributed by atoms with Gasteiger partial charge < -0.3 is 9.53 Å². The van der Waals surface area contributed by atoms with Gasteiger partial charge in [0.1, 0.15) is 12.0 Å². The number of halogens is 3. The Kier molecular flexibility index (Phi) is 4.68. The Bertz CT molecular complexity index is 342.